The summed E-state index contributed by atoms with van der Waals surface area (Å²) in [6.07, 6.45) is 1.80. The van der Waals surface area contributed by atoms with Crippen molar-refractivity contribution in [3.05, 3.63) is 98.1 Å². The van der Waals surface area contributed by atoms with Gasteiger partial charge in [0, 0.05) is 4.47 Å². The molecule has 1 saturated heterocycles. The van der Waals surface area contributed by atoms with E-state index in [-0.39, 0.29) is 18.3 Å². The van der Waals surface area contributed by atoms with Gasteiger partial charge in [-0.3, -0.25) is 9.69 Å². The van der Waals surface area contributed by atoms with Crippen LogP contribution in [-0.4, -0.2) is 22.2 Å². The third-order valence-electron chi connectivity index (χ3n) is 5.21. The number of nitrogens with zero attached hydrogens (tertiary/aromatic N) is 1. The molecule has 1 aliphatic rings. The number of halogens is 2. The molecule has 4 nitrogen and oxygen atoms in total. The molecule has 174 valence electrons. The number of carbonyl (C=O) groups is 1. The number of thioether (sulfide) groups is 1. The molecule has 3 aromatic rings. The van der Waals surface area contributed by atoms with E-state index in [0.717, 1.165) is 26.7 Å². The van der Waals surface area contributed by atoms with E-state index in [1.807, 2.05) is 31.2 Å². The molecule has 0 bridgehead atoms. The molecule has 0 aromatic heterocycles. The summed E-state index contributed by atoms with van der Waals surface area (Å²) < 4.78 is 25.8. The fourth-order valence-corrected chi connectivity index (χ4v) is 5.01. The van der Waals surface area contributed by atoms with Crippen molar-refractivity contribution in [1.29, 1.82) is 0 Å². The van der Waals surface area contributed by atoms with Crippen LogP contribution >= 0.6 is 39.9 Å². The monoisotopic (exact) mass is 557 g/mol. The van der Waals surface area contributed by atoms with Crippen LogP contribution in [0.25, 0.3) is 6.08 Å². The van der Waals surface area contributed by atoms with Crippen LogP contribution in [0.3, 0.4) is 0 Å². The number of carbonyl (C=O) groups excluding carboxylic acids is 1. The Kier molecular flexibility index (Phi) is 7.70. The highest BCUT2D eigenvalue weighted by atomic mass is 79.9. The normalized spacial score (nSPS) is 14.7. The van der Waals surface area contributed by atoms with E-state index in [1.165, 1.54) is 23.9 Å². The van der Waals surface area contributed by atoms with Gasteiger partial charge >= 0.3 is 0 Å². The molecular formula is C26H21BrFNO3S2. The highest BCUT2D eigenvalue weighted by Crippen LogP contribution is 2.38. The number of rotatable bonds is 7. The quantitative estimate of drug-likeness (QED) is 0.233. The predicted octanol–water partition coefficient (Wildman–Crippen LogP) is 6.89. The van der Waals surface area contributed by atoms with Crippen LogP contribution in [-0.2, 0) is 17.9 Å². The van der Waals surface area contributed by atoms with Gasteiger partial charge in [-0.2, -0.15) is 0 Å². The zero-order valence-corrected chi connectivity index (χ0v) is 21.7. The standard InChI is InChI=1S/C26H21BrFNO3S2/c1-16-3-5-17(6-4-16)14-29-25(30)24(34-26(29)33)12-19-11-22(31-2)23(13-21(19)27)32-15-18-7-9-20(28)10-8-18/h3-13H,14-15H2,1-2H3/b24-12-. The lowest BCUT2D eigenvalue weighted by Gasteiger charge is -2.14. The smallest absolute Gasteiger partial charge is 0.266 e. The minimum absolute atomic E-state index is 0.127. The molecule has 1 fully saturated rings. The maximum Gasteiger partial charge on any atom is 0.266 e. The third-order valence-corrected chi connectivity index (χ3v) is 7.28. The van der Waals surface area contributed by atoms with Crippen LogP contribution in [0, 0.1) is 12.7 Å². The second-order valence-electron chi connectivity index (χ2n) is 7.69. The van der Waals surface area contributed by atoms with Gasteiger partial charge in [-0.1, -0.05) is 81.9 Å². The van der Waals surface area contributed by atoms with Crippen molar-refractivity contribution in [1.82, 2.24) is 4.90 Å². The van der Waals surface area contributed by atoms with Crippen molar-refractivity contribution < 1.29 is 18.7 Å². The Labute approximate surface area is 215 Å². The molecule has 0 saturated carbocycles. The number of aryl methyl sites for hydroxylation is 1. The van der Waals surface area contributed by atoms with Crippen LogP contribution in [0.5, 0.6) is 11.5 Å². The molecule has 0 spiro atoms. The first-order chi connectivity index (χ1) is 16.3. The highest BCUT2D eigenvalue weighted by molar-refractivity contribution is 9.10. The lowest BCUT2D eigenvalue weighted by molar-refractivity contribution is -0.122. The Morgan fingerprint density at radius 3 is 2.41 bits per heavy atom. The van der Waals surface area contributed by atoms with E-state index in [4.69, 9.17) is 21.7 Å². The molecule has 1 aliphatic heterocycles. The number of hydrogen-bond donors (Lipinski definition) is 0. The molecule has 8 heteroatoms. The SMILES string of the molecule is COc1cc(/C=C2\SC(=S)N(Cc3ccc(C)cc3)C2=O)c(Br)cc1OCc1ccc(F)cc1. The van der Waals surface area contributed by atoms with Crippen molar-refractivity contribution in [2.24, 2.45) is 0 Å². The largest absolute Gasteiger partial charge is 0.493 e. The van der Waals surface area contributed by atoms with Crippen molar-refractivity contribution >= 4 is 56.2 Å². The van der Waals surface area contributed by atoms with E-state index in [1.54, 1.807) is 42.4 Å². The Morgan fingerprint density at radius 2 is 1.74 bits per heavy atom. The Bertz CT molecular complexity index is 1260. The van der Waals surface area contributed by atoms with Crippen molar-refractivity contribution in [2.45, 2.75) is 20.1 Å². The first kappa shape index (κ1) is 24.4. The van der Waals surface area contributed by atoms with Gasteiger partial charge < -0.3 is 9.47 Å². The fraction of sp³-hybridized carbons (Fsp3) is 0.154. The second-order valence-corrected chi connectivity index (χ2v) is 10.2. The van der Waals surface area contributed by atoms with Crippen molar-refractivity contribution in [3.8, 4) is 11.5 Å². The summed E-state index contributed by atoms with van der Waals surface area (Å²) in [6.45, 7) is 2.72. The number of ether oxygens (including phenoxy) is 2. The number of hydrogen-bond acceptors (Lipinski definition) is 5. The molecule has 4 rings (SSSR count). The predicted molar refractivity (Wildman–Crippen MR) is 141 cm³/mol. The van der Waals surface area contributed by atoms with Crippen LogP contribution in [0.1, 0.15) is 22.3 Å². The second kappa shape index (κ2) is 10.7. The molecule has 0 atom stereocenters. The maximum absolute atomic E-state index is 13.1. The summed E-state index contributed by atoms with van der Waals surface area (Å²) in [6, 6.07) is 17.8. The van der Waals surface area contributed by atoms with Crippen molar-refractivity contribution in [2.75, 3.05) is 7.11 Å². The van der Waals surface area contributed by atoms with E-state index in [2.05, 4.69) is 15.9 Å². The Morgan fingerprint density at radius 1 is 1.06 bits per heavy atom. The van der Waals surface area contributed by atoms with Crippen LogP contribution in [0.2, 0.25) is 0 Å². The zero-order valence-electron chi connectivity index (χ0n) is 18.5. The summed E-state index contributed by atoms with van der Waals surface area (Å²) in [5.74, 6) is 0.630. The first-order valence-corrected chi connectivity index (χ1v) is 12.4. The van der Waals surface area contributed by atoms with Crippen molar-refractivity contribution in [3.63, 3.8) is 0 Å². The minimum atomic E-state index is -0.294. The average Bonchev–Trinajstić information content (AvgIpc) is 3.08. The topological polar surface area (TPSA) is 38.8 Å². The number of methoxy groups -OCH3 is 1. The van der Waals surface area contributed by atoms with E-state index < -0.39 is 0 Å². The highest BCUT2D eigenvalue weighted by Gasteiger charge is 2.32. The molecular weight excluding hydrogens is 537 g/mol. The molecule has 0 unspecified atom stereocenters. The van der Waals surface area contributed by atoms with Gasteiger partial charge in [0.2, 0.25) is 0 Å². The van der Waals surface area contributed by atoms with Gasteiger partial charge in [-0.05, 0) is 54.0 Å². The van der Waals surface area contributed by atoms with E-state index in [0.29, 0.717) is 27.3 Å². The van der Waals surface area contributed by atoms with Gasteiger partial charge in [-0.25, -0.2) is 4.39 Å². The third kappa shape index (κ3) is 5.68. The lowest BCUT2D eigenvalue weighted by atomic mass is 10.1. The van der Waals surface area contributed by atoms with Gasteiger partial charge in [-0.15, -0.1) is 0 Å². The Hall–Kier alpha value is -2.68. The molecule has 3 aromatic carbocycles. The fourth-order valence-electron chi connectivity index (χ4n) is 3.33. The van der Waals surface area contributed by atoms with E-state index >= 15 is 0 Å². The van der Waals surface area contributed by atoms with E-state index in [9.17, 15) is 9.18 Å². The summed E-state index contributed by atoms with van der Waals surface area (Å²) in [5, 5.41) is 0. The van der Waals surface area contributed by atoms with Gasteiger partial charge in [0.15, 0.2) is 11.5 Å². The summed E-state index contributed by atoms with van der Waals surface area (Å²) >= 11 is 10.3. The summed E-state index contributed by atoms with van der Waals surface area (Å²) in [4.78, 5) is 15.2. The zero-order chi connectivity index (χ0) is 24.2. The molecule has 0 N–H and O–H groups in total. The average molecular weight is 558 g/mol. The lowest BCUT2D eigenvalue weighted by Crippen LogP contribution is -2.27. The Balaban J connectivity index is 1.52. The van der Waals surface area contributed by atoms with Crippen LogP contribution in [0.15, 0.2) is 70.0 Å². The van der Waals surface area contributed by atoms with Gasteiger partial charge in [0.1, 0.15) is 16.7 Å². The van der Waals surface area contributed by atoms with Crippen LogP contribution < -0.4 is 9.47 Å². The summed E-state index contributed by atoms with van der Waals surface area (Å²) in [5.41, 5.74) is 3.79. The molecule has 0 aliphatic carbocycles. The van der Waals surface area contributed by atoms with Gasteiger partial charge in [0.25, 0.3) is 5.91 Å². The molecule has 0 radical (unpaired) electrons. The van der Waals surface area contributed by atoms with Gasteiger partial charge in [0.05, 0.1) is 18.6 Å². The maximum atomic E-state index is 13.1. The number of thiocarbonyl (C=S) groups is 1. The van der Waals surface area contributed by atoms with Crippen LogP contribution in [0.4, 0.5) is 4.39 Å². The first-order valence-electron chi connectivity index (χ1n) is 10.4. The number of benzene rings is 3. The molecule has 1 heterocycles. The molecule has 34 heavy (non-hydrogen) atoms. The molecule has 1 amide bonds. The minimum Gasteiger partial charge on any atom is -0.493 e. The number of amides is 1. The summed E-state index contributed by atoms with van der Waals surface area (Å²) in [7, 11) is 1.55.